The van der Waals surface area contributed by atoms with E-state index in [0.29, 0.717) is 10.2 Å². The number of nitrogens with zero attached hydrogens (tertiary/aromatic N) is 1. The Labute approximate surface area is 102 Å². The topological polar surface area (TPSA) is 72.2 Å². The summed E-state index contributed by atoms with van der Waals surface area (Å²) in [5.74, 6) is 5.97. The maximum Gasteiger partial charge on any atom is 0.190 e. The van der Waals surface area contributed by atoms with Crippen molar-refractivity contribution >= 4 is 44.0 Å². The van der Waals surface area contributed by atoms with E-state index in [4.69, 9.17) is 22.8 Å². The first kappa shape index (κ1) is 11.1. The number of thiocarbonyl (C=S) groups is 1. The molecule has 0 aliphatic rings. The highest BCUT2D eigenvalue weighted by Gasteiger charge is 2.05. The maximum atomic E-state index is 5.16. The molecular formula is C9H10N4OS2. The Balaban J connectivity index is 2.32. The average Bonchev–Trinajstić information content (AvgIpc) is 2.69. The van der Waals surface area contributed by atoms with Crippen molar-refractivity contribution in [3.8, 4) is 5.75 Å². The molecule has 0 bridgehead atoms. The Kier molecular flexibility index (Phi) is 3.18. The molecule has 16 heavy (non-hydrogen) atoms. The fraction of sp³-hybridized carbons (Fsp3) is 0.111. The van der Waals surface area contributed by atoms with E-state index in [1.165, 1.54) is 11.3 Å². The fourth-order valence-electron chi connectivity index (χ4n) is 1.22. The normalized spacial score (nSPS) is 10.1. The van der Waals surface area contributed by atoms with Gasteiger partial charge in [-0.15, -0.1) is 0 Å². The van der Waals surface area contributed by atoms with Crippen LogP contribution in [-0.2, 0) is 0 Å². The van der Waals surface area contributed by atoms with Crippen molar-refractivity contribution in [3.63, 3.8) is 0 Å². The third-order valence-corrected chi connectivity index (χ3v) is 3.10. The van der Waals surface area contributed by atoms with Gasteiger partial charge in [-0.1, -0.05) is 11.3 Å². The molecule has 0 atom stereocenters. The molecule has 0 radical (unpaired) electrons. The second kappa shape index (κ2) is 4.60. The van der Waals surface area contributed by atoms with Crippen molar-refractivity contribution in [1.82, 2.24) is 10.4 Å². The van der Waals surface area contributed by atoms with Gasteiger partial charge in [-0.25, -0.2) is 10.8 Å². The zero-order valence-electron chi connectivity index (χ0n) is 8.48. The van der Waals surface area contributed by atoms with E-state index < -0.39 is 0 Å². The number of hydrogen-bond donors (Lipinski definition) is 3. The molecule has 5 nitrogen and oxygen atoms in total. The average molecular weight is 254 g/mol. The van der Waals surface area contributed by atoms with Crippen molar-refractivity contribution in [1.29, 1.82) is 0 Å². The molecule has 2 aromatic rings. The van der Waals surface area contributed by atoms with E-state index in [2.05, 4.69) is 15.7 Å². The molecule has 0 spiro atoms. The summed E-state index contributed by atoms with van der Waals surface area (Å²) in [5, 5.41) is 3.92. The highest BCUT2D eigenvalue weighted by atomic mass is 32.1. The summed E-state index contributed by atoms with van der Waals surface area (Å²) in [6.07, 6.45) is 0. The summed E-state index contributed by atoms with van der Waals surface area (Å²) in [5.41, 5.74) is 3.24. The third-order valence-electron chi connectivity index (χ3n) is 1.95. The Morgan fingerprint density at radius 3 is 3.06 bits per heavy atom. The van der Waals surface area contributed by atoms with Gasteiger partial charge in [-0.2, -0.15) is 0 Å². The Bertz CT molecular complexity index is 525. The number of thiazole rings is 1. The molecular weight excluding hydrogens is 244 g/mol. The Hall–Kier alpha value is -1.44. The van der Waals surface area contributed by atoms with Crippen LogP contribution in [0.1, 0.15) is 0 Å². The van der Waals surface area contributed by atoms with Crippen LogP contribution in [0, 0.1) is 0 Å². The molecule has 1 aromatic carbocycles. The molecule has 0 aliphatic heterocycles. The summed E-state index contributed by atoms with van der Waals surface area (Å²) < 4.78 is 6.16. The zero-order chi connectivity index (χ0) is 11.5. The first-order valence-corrected chi connectivity index (χ1v) is 5.67. The number of nitrogens with one attached hydrogen (secondary N) is 2. The van der Waals surface area contributed by atoms with Crippen molar-refractivity contribution in [2.75, 3.05) is 12.4 Å². The number of benzene rings is 1. The van der Waals surface area contributed by atoms with Crippen LogP contribution in [0.4, 0.5) is 5.13 Å². The number of fused-ring (bicyclic) bond motifs is 1. The van der Waals surface area contributed by atoms with E-state index in [9.17, 15) is 0 Å². The molecule has 0 saturated heterocycles. The molecule has 1 heterocycles. The van der Waals surface area contributed by atoms with Gasteiger partial charge in [0.25, 0.3) is 0 Å². The van der Waals surface area contributed by atoms with E-state index >= 15 is 0 Å². The largest absolute Gasteiger partial charge is 0.497 e. The lowest BCUT2D eigenvalue weighted by molar-refractivity contribution is 0.415. The Morgan fingerprint density at radius 1 is 1.56 bits per heavy atom. The van der Waals surface area contributed by atoms with Crippen LogP contribution < -0.4 is 21.3 Å². The molecule has 84 valence electrons. The quantitative estimate of drug-likeness (QED) is 0.428. The summed E-state index contributed by atoms with van der Waals surface area (Å²) >= 11 is 6.37. The Morgan fingerprint density at radius 2 is 2.38 bits per heavy atom. The van der Waals surface area contributed by atoms with Crippen LogP contribution >= 0.6 is 23.6 Å². The second-order valence-corrected chi connectivity index (χ2v) is 4.39. The van der Waals surface area contributed by atoms with Crippen LogP contribution in [0.3, 0.4) is 0 Å². The monoisotopic (exact) mass is 254 g/mol. The van der Waals surface area contributed by atoms with Gasteiger partial charge >= 0.3 is 0 Å². The predicted octanol–water partition coefficient (Wildman–Crippen LogP) is 1.46. The number of methoxy groups -OCH3 is 1. The van der Waals surface area contributed by atoms with Gasteiger partial charge in [0.2, 0.25) is 0 Å². The van der Waals surface area contributed by atoms with E-state index in [-0.39, 0.29) is 0 Å². The minimum atomic E-state index is 0.339. The van der Waals surface area contributed by atoms with Crippen molar-refractivity contribution in [2.24, 2.45) is 5.84 Å². The SMILES string of the molecule is COc1ccc2nc(NC(=S)NN)sc2c1. The summed E-state index contributed by atoms with van der Waals surface area (Å²) in [7, 11) is 1.63. The summed E-state index contributed by atoms with van der Waals surface area (Å²) in [4.78, 5) is 4.34. The number of aromatic nitrogens is 1. The number of nitrogens with two attached hydrogens (primary N) is 1. The molecule has 0 aliphatic carbocycles. The van der Waals surface area contributed by atoms with Crippen molar-refractivity contribution in [3.05, 3.63) is 18.2 Å². The molecule has 2 rings (SSSR count). The standard InChI is InChI=1S/C9H10N4OS2/c1-14-5-2-3-6-7(4-5)16-9(11-6)12-8(15)13-10/h2-4H,10H2,1H3,(H2,11,12,13,15). The molecule has 0 unspecified atom stereocenters. The maximum absolute atomic E-state index is 5.16. The molecule has 0 saturated carbocycles. The third kappa shape index (κ3) is 2.21. The van der Waals surface area contributed by atoms with Gasteiger partial charge in [-0.3, -0.25) is 0 Å². The lowest BCUT2D eigenvalue weighted by Gasteiger charge is -2.00. The number of hydrazine groups is 1. The van der Waals surface area contributed by atoms with Crippen molar-refractivity contribution < 1.29 is 4.74 Å². The van der Waals surface area contributed by atoms with Crippen LogP contribution in [0.15, 0.2) is 18.2 Å². The first-order valence-electron chi connectivity index (χ1n) is 4.45. The van der Waals surface area contributed by atoms with E-state index in [1.54, 1.807) is 7.11 Å². The van der Waals surface area contributed by atoms with Gasteiger partial charge in [0, 0.05) is 0 Å². The smallest absolute Gasteiger partial charge is 0.190 e. The van der Waals surface area contributed by atoms with Gasteiger partial charge in [0.15, 0.2) is 10.2 Å². The van der Waals surface area contributed by atoms with Gasteiger partial charge in [0.1, 0.15) is 5.75 Å². The first-order chi connectivity index (χ1) is 7.72. The molecule has 0 amide bonds. The number of rotatable bonds is 2. The van der Waals surface area contributed by atoms with Crippen LogP contribution in [0.25, 0.3) is 10.2 Å². The molecule has 7 heteroatoms. The van der Waals surface area contributed by atoms with Crippen molar-refractivity contribution in [2.45, 2.75) is 0 Å². The van der Waals surface area contributed by atoms with Crippen LogP contribution in [-0.4, -0.2) is 17.2 Å². The number of hydrogen-bond acceptors (Lipinski definition) is 5. The number of ether oxygens (including phenoxy) is 1. The molecule has 4 N–H and O–H groups in total. The lowest BCUT2D eigenvalue weighted by atomic mass is 10.3. The lowest BCUT2D eigenvalue weighted by Crippen LogP contribution is -2.33. The van der Waals surface area contributed by atoms with Gasteiger partial charge in [0.05, 0.1) is 17.3 Å². The van der Waals surface area contributed by atoms with E-state index in [0.717, 1.165) is 16.0 Å². The summed E-state index contributed by atoms with van der Waals surface area (Å²) in [6.45, 7) is 0. The minimum Gasteiger partial charge on any atom is -0.497 e. The van der Waals surface area contributed by atoms with E-state index in [1.807, 2.05) is 18.2 Å². The highest BCUT2D eigenvalue weighted by Crippen LogP contribution is 2.28. The minimum absolute atomic E-state index is 0.339. The summed E-state index contributed by atoms with van der Waals surface area (Å²) in [6, 6.07) is 5.69. The van der Waals surface area contributed by atoms with Crippen LogP contribution in [0.5, 0.6) is 5.75 Å². The molecule has 1 aromatic heterocycles. The predicted molar refractivity (Wildman–Crippen MR) is 69.7 cm³/mol. The van der Waals surface area contributed by atoms with Crippen LogP contribution in [0.2, 0.25) is 0 Å². The molecule has 0 fully saturated rings. The fourth-order valence-corrected chi connectivity index (χ4v) is 2.28. The number of anilines is 1. The van der Waals surface area contributed by atoms with Gasteiger partial charge in [-0.05, 0) is 30.4 Å². The highest BCUT2D eigenvalue weighted by molar-refractivity contribution is 7.80. The van der Waals surface area contributed by atoms with Gasteiger partial charge < -0.3 is 15.5 Å². The second-order valence-electron chi connectivity index (χ2n) is 2.95. The zero-order valence-corrected chi connectivity index (χ0v) is 10.1.